The predicted octanol–water partition coefficient (Wildman–Crippen LogP) is 6.02. The summed E-state index contributed by atoms with van der Waals surface area (Å²) in [5.74, 6) is 1.12. The van der Waals surface area contributed by atoms with E-state index in [4.69, 9.17) is 4.74 Å². The molecule has 7 heteroatoms. The Morgan fingerprint density at radius 1 is 1.00 bits per heavy atom. The molecule has 160 valence electrons. The molecule has 1 aliphatic rings. The number of aryl methyl sites for hydroxylation is 1. The lowest BCUT2D eigenvalue weighted by atomic mass is 10.0. The Labute approximate surface area is 183 Å². The Hall–Kier alpha value is -2.57. The zero-order valence-corrected chi connectivity index (χ0v) is 18.6. The monoisotopic (exact) mass is 428 g/mol. The maximum Gasteiger partial charge on any atom is 0.120 e. The summed E-state index contributed by atoms with van der Waals surface area (Å²) >= 11 is 0. The molecular formula is C23H29ClN4O2. The van der Waals surface area contributed by atoms with Gasteiger partial charge in [0.25, 0.3) is 0 Å². The van der Waals surface area contributed by atoms with Crippen molar-refractivity contribution < 1.29 is 9.84 Å². The van der Waals surface area contributed by atoms with Crippen molar-refractivity contribution in [3.8, 4) is 11.5 Å². The zero-order valence-electron chi connectivity index (χ0n) is 17.8. The van der Waals surface area contributed by atoms with Gasteiger partial charge >= 0.3 is 0 Å². The maximum atomic E-state index is 10.7. The molecule has 30 heavy (non-hydrogen) atoms. The molecule has 2 heterocycles. The fourth-order valence-corrected chi connectivity index (χ4v) is 4.07. The van der Waals surface area contributed by atoms with Crippen LogP contribution in [0.2, 0.25) is 0 Å². The number of rotatable bonds is 5. The van der Waals surface area contributed by atoms with Crippen LogP contribution in [0.4, 0.5) is 11.4 Å². The highest BCUT2D eigenvalue weighted by Gasteiger charge is 2.21. The fourth-order valence-electron chi connectivity index (χ4n) is 4.07. The SMILES string of the molecule is COc1ccc(N=Nc2c(C)n(C)c3ccc(O)c(CN4CCCCC4)c23)cc1.Cl. The van der Waals surface area contributed by atoms with Gasteiger partial charge in [0.15, 0.2) is 0 Å². The molecule has 0 aliphatic carbocycles. The molecule has 0 atom stereocenters. The molecule has 6 nitrogen and oxygen atoms in total. The Balaban J connectivity index is 0.00000256. The van der Waals surface area contributed by atoms with E-state index in [0.717, 1.165) is 58.9 Å². The van der Waals surface area contributed by atoms with Gasteiger partial charge in [-0.25, -0.2) is 0 Å². The van der Waals surface area contributed by atoms with Crippen LogP contribution in [-0.2, 0) is 13.6 Å². The van der Waals surface area contributed by atoms with E-state index in [1.165, 1.54) is 19.3 Å². The lowest BCUT2D eigenvalue weighted by Crippen LogP contribution is -2.29. The van der Waals surface area contributed by atoms with Crippen LogP contribution in [0.3, 0.4) is 0 Å². The molecule has 1 saturated heterocycles. The van der Waals surface area contributed by atoms with Crippen LogP contribution < -0.4 is 4.74 Å². The number of phenolic OH excluding ortho intramolecular Hbond substituents is 1. The number of halogens is 1. The third-order valence-corrected chi connectivity index (χ3v) is 5.88. The van der Waals surface area contributed by atoms with Crippen molar-refractivity contribution >= 4 is 34.7 Å². The molecule has 3 aromatic rings. The third kappa shape index (κ3) is 4.30. The van der Waals surface area contributed by atoms with Gasteiger partial charge in [-0.3, -0.25) is 4.90 Å². The number of likely N-dealkylation sites (tertiary alicyclic amines) is 1. The Kier molecular flexibility index (Phi) is 7.00. The van der Waals surface area contributed by atoms with E-state index >= 15 is 0 Å². The molecule has 0 bridgehead atoms. The first kappa shape index (κ1) is 22.1. The van der Waals surface area contributed by atoms with Crippen LogP contribution >= 0.6 is 12.4 Å². The van der Waals surface area contributed by atoms with Crippen molar-refractivity contribution in [2.45, 2.75) is 32.7 Å². The average Bonchev–Trinajstić information content (AvgIpc) is 3.00. The van der Waals surface area contributed by atoms with Crippen molar-refractivity contribution in [3.63, 3.8) is 0 Å². The van der Waals surface area contributed by atoms with E-state index in [0.29, 0.717) is 5.75 Å². The van der Waals surface area contributed by atoms with E-state index in [-0.39, 0.29) is 12.4 Å². The van der Waals surface area contributed by atoms with Crippen LogP contribution in [0, 0.1) is 6.92 Å². The number of fused-ring (bicyclic) bond motifs is 1. The topological polar surface area (TPSA) is 62.4 Å². The van der Waals surface area contributed by atoms with Crippen LogP contribution in [0.15, 0.2) is 46.6 Å². The van der Waals surface area contributed by atoms with Gasteiger partial charge in [-0.15, -0.1) is 17.5 Å². The van der Waals surface area contributed by atoms with Crippen molar-refractivity contribution in [1.82, 2.24) is 9.47 Å². The molecule has 2 aromatic carbocycles. The number of aromatic nitrogens is 1. The van der Waals surface area contributed by atoms with Gasteiger partial charge < -0.3 is 14.4 Å². The molecule has 4 rings (SSSR count). The van der Waals surface area contributed by atoms with Crippen LogP contribution in [-0.4, -0.2) is 34.8 Å². The highest BCUT2D eigenvalue weighted by Crippen LogP contribution is 2.40. The maximum absolute atomic E-state index is 10.7. The molecule has 0 spiro atoms. The van der Waals surface area contributed by atoms with E-state index in [9.17, 15) is 5.11 Å². The van der Waals surface area contributed by atoms with Crippen molar-refractivity contribution in [2.24, 2.45) is 17.3 Å². The molecule has 0 radical (unpaired) electrons. The number of phenols is 1. The van der Waals surface area contributed by atoms with Gasteiger partial charge in [0.1, 0.15) is 17.2 Å². The lowest BCUT2D eigenvalue weighted by Gasteiger charge is -2.27. The van der Waals surface area contributed by atoms with E-state index in [1.54, 1.807) is 13.2 Å². The summed E-state index contributed by atoms with van der Waals surface area (Å²) in [5, 5.41) is 20.7. The number of hydrogen-bond acceptors (Lipinski definition) is 5. The van der Waals surface area contributed by atoms with Gasteiger partial charge in [0.05, 0.1) is 18.3 Å². The summed E-state index contributed by atoms with van der Waals surface area (Å²) in [7, 11) is 3.68. The fraction of sp³-hybridized carbons (Fsp3) is 0.391. The lowest BCUT2D eigenvalue weighted by molar-refractivity contribution is 0.219. The molecule has 1 fully saturated rings. The molecule has 0 saturated carbocycles. The zero-order chi connectivity index (χ0) is 20.4. The number of aromatic hydroxyl groups is 1. The van der Waals surface area contributed by atoms with Gasteiger partial charge in [0.2, 0.25) is 0 Å². The van der Waals surface area contributed by atoms with Crippen LogP contribution in [0.25, 0.3) is 10.9 Å². The number of methoxy groups -OCH3 is 1. The van der Waals surface area contributed by atoms with E-state index in [1.807, 2.05) is 44.3 Å². The van der Waals surface area contributed by atoms with Gasteiger partial charge in [-0.05, 0) is 69.3 Å². The van der Waals surface area contributed by atoms with Crippen LogP contribution in [0.5, 0.6) is 11.5 Å². The second-order valence-corrected chi connectivity index (χ2v) is 7.69. The molecular weight excluding hydrogens is 400 g/mol. The first-order chi connectivity index (χ1) is 14.1. The summed E-state index contributed by atoms with van der Waals surface area (Å²) in [6.45, 7) is 4.93. The van der Waals surface area contributed by atoms with Crippen molar-refractivity contribution in [1.29, 1.82) is 0 Å². The Morgan fingerprint density at radius 2 is 1.70 bits per heavy atom. The minimum absolute atomic E-state index is 0. The highest BCUT2D eigenvalue weighted by molar-refractivity contribution is 5.97. The normalized spacial score (nSPS) is 14.9. The standard InChI is InChI=1S/C23H28N4O2.ClH/c1-16-23(25-24-17-7-9-18(29-3)10-8-17)22-19(15-27-13-5-4-6-14-27)21(28)12-11-20(22)26(16)2;/h7-12,28H,4-6,13-15H2,1-3H3;1H. The summed E-state index contributed by atoms with van der Waals surface area (Å²) in [6.07, 6.45) is 3.72. The highest BCUT2D eigenvalue weighted by atomic mass is 35.5. The molecule has 0 unspecified atom stereocenters. The quantitative estimate of drug-likeness (QED) is 0.505. The van der Waals surface area contributed by atoms with Crippen LogP contribution in [0.1, 0.15) is 30.5 Å². The van der Waals surface area contributed by atoms with Gasteiger partial charge in [0, 0.05) is 30.2 Å². The second kappa shape index (κ2) is 9.49. The number of piperidine rings is 1. The number of ether oxygens (including phenoxy) is 1. The van der Waals surface area contributed by atoms with Crippen molar-refractivity contribution in [3.05, 3.63) is 47.7 Å². The molecule has 1 aliphatic heterocycles. The second-order valence-electron chi connectivity index (χ2n) is 7.69. The molecule has 1 N–H and O–H groups in total. The van der Waals surface area contributed by atoms with Gasteiger partial charge in [-0.2, -0.15) is 5.11 Å². The summed E-state index contributed by atoms with van der Waals surface area (Å²) < 4.78 is 7.33. The average molecular weight is 429 g/mol. The third-order valence-electron chi connectivity index (χ3n) is 5.88. The summed E-state index contributed by atoms with van der Waals surface area (Å²) in [6, 6.07) is 11.3. The Morgan fingerprint density at radius 3 is 2.37 bits per heavy atom. The van der Waals surface area contributed by atoms with Gasteiger partial charge in [-0.1, -0.05) is 6.42 Å². The number of hydrogen-bond donors (Lipinski definition) is 1. The summed E-state index contributed by atoms with van der Waals surface area (Å²) in [5.41, 5.74) is 4.62. The first-order valence-electron chi connectivity index (χ1n) is 10.2. The number of benzene rings is 2. The Bertz CT molecular complexity index is 1040. The number of azo groups is 1. The van der Waals surface area contributed by atoms with Crippen molar-refractivity contribution in [2.75, 3.05) is 20.2 Å². The first-order valence-corrected chi connectivity index (χ1v) is 10.2. The van der Waals surface area contributed by atoms with E-state index < -0.39 is 0 Å². The van der Waals surface area contributed by atoms with E-state index in [2.05, 4.69) is 19.7 Å². The minimum Gasteiger partial charge on any atom is -0.508 e. The summed E-state index contributed by atoms with van der Waals surface area (Å²) in [4.78, 5) is 2.42. The predicted molar refractivity (Wildman–Crippen MR) is 123 cm³/mol. The molecule has 1 aromatic heterocycles. The smallest absolute Gasteiger partial charge is 0.120 e. The number of nitrogens with zero attached hydrogens (tertiary/aromatic N) is 4. The largest absolute Gasteiger partial charge is 0.508 e. The molecule has 0 amide bonds. The minimum atomic E-state index is 0.